The second-order valence-electron chi connectivity index (χ2n) is 4.50. The first kappa shape index (κ1) is 13.9. The summed E-state index contributed by atoms with van der Waals surface area (Å²) in [6.07, 6.45) is 5.62. The fourth-order valence-corrected chi connectivity index (χ4v) is 2.15. The van der Waals surface area contributed by atoms with E-state index in [4.69, 9.17) is 4.74 Å². The molecule has 1 aromatic carbocycles. The van der Waals surface area contributed by atoms with Crippen molar-refractivity contribution in [1.82, 2.24) is 9.88 Å². The number of ether oxygens (including phenoxy) is 1. The monoisotopic (exact) mass is 274 g/mol. The predicted molar refractivity (Wildman–Crippen MR) is 79.9 cm³/mol. The van der Waals surface area contributed by atoms with Gasteiger partial charge >= 0.3 is 0 Å². The maximum Gasteiger partial charge on any atom is 0.150 e. The van der Waals surface area contributed by atoms with Crippen LogP contribution in [0.5, 0.6) is 11.5 Å². The molecule has 0 aliphatic rings. The Balaban J connectivity index is 2.17. The minimum absolute atomic E-state index is 0.813. The van der Waals surface area contributed by atoms with Crippen molar-refractivity contribution >= 4 is 11.8 Å². The van der Waals surface area contributed by atoms with Crippen molar-refractivity contribution in [2.75, 3.05) is 20.4 Å². The molecular formula is C15H18N2OS. The summed E-state index contributed by atoms with van der Waals surface area (Å²) < 4.78 is 5.91. The topological polar surface area (TPSA) is 25.4 Å². The molecule has 0 unspecified atom stereocenters. The summed E-state index contributed by atoms with van der Waals surface area (Å²) >= 11 is 1.72. The van der Waals surface area contributed by atoms with Crippen LogP contribution in [0.2, 0.25) is 0 Å². The van der Waals surface area contributed by atoms with E-state index in [2.05, 4.69) is 28.3 Å². The lowest BCUT2D eigenvalue weighted by molar-refractivity contribution is 0.388. The third-order valence-electron chi connectivity index (χ3n) is 2.64. The largest absolute Gasteiger partial charge is 0.455 e. The molecule has 0 spiro atoms. The van der Waals surface area contributed by atoms with E-state index < -0.39 is 0 Å². The lowest BCUT2D eigenvalue weighted by Crippen LogP contribution is -2.11. The molecule has 0 N–H and O–H groups in total. The Hall–Kier alpha value is -1.52. The van der Waals surface area contributed by atoms with E-state index in [-0.39, 0.29) is 0 Å². The van der Waals surface area contributed by atoms with Gasteiger partial charge < -0.3 is 9.64 Å². The van der Waals surface area contributed by atoms with Gasteiger partial charge in [-0.25, -0.2) is 0 Å². The zero-order valence-corrected chi connectivity index (χ0v) is 12.3. The van der Waals surface area contributed by atoms with Gasteiger partial charge in [0.05, 0.1) is 6.20 Å². The molecule has 0 saturated heterocycles. The molecule has 0 fully saturated rings. The third kappa shape index (κ3) is 3.98. The van der Waals surface area contributed by atoms with Crippen LogP contribution in [-0.4, -0.2) is 30.2 Å². The standard InChI is InChI=1S/C15H18N2OS/c1-17(2)11-12-8-9-16-10-15(12)18-13-4-6-14(19-3)7-5-13/h4-10H,11H2,1-3H3. The molecule has 0 atom stereocenters. The number of hydrogen-bond donors (Lipinski definition) is 0. The van der Waals surface area contributed by atoms with E-state index in [1.807, 2.05) is 32.3 Å². The van der Waals surface area contributed by atoms with E-state index in [9.17, 15) is 0 Å². The molecule has 0 aliphatic carbocycles. The predicted octanol–water partition coefficient (Wildman–Crippen LogP) is 3.66. The first-order valence-corrected chi connectivity index (χ1v) is 7.31. The Kier molecular flexibility index (Phi) is 4.82. The Morgan fingerprint density at radius 2 is 1.89 bits per heavy atom. The molecular weight excluding hydrogens is 256 g/mol. The van der Waals surface area contributed by atoms with E-state index in [0.29, 0.717) is 0 Å². The summed E-state index contributed by atoms with van der Waals surface area (Å²) in [6, 6.07) is 10.1. The van der Waals surface area contributed by atoms with Gasteiger partial charge in [0.1, 0.15) is 11.5 Å². The molecule has 2 rings (SSSR count). The van der Waals surface area contributed by atoms with E-state index in [0.717, 1.165) is 23.6 Å². The van der Waals surface area contributed by atoms with Gasteiger partial charge in [0, 0.05) is 23.2 Å². The van der Waals surface area contributed by atoms with Crippen LogP contribution in [0.3, 0.4) is 0 Å². The second kappa shape index (κ2) is 6.59. The van der Waals surface area contributed by atoms with Crippen molar-refractivity contribution in [3.05, 3.63) is 48.3 Å². The SMILES string of the molecule is CSc1ccc(Oc2cnccc2CN(C)C)cc1. The minimum atomic E-state index is 0.813. The molecule has 0 aliphatic heterocycles. The Labute approximate surface area is 118 Å². The maximum absolute atomic E-state index is 5.91. The molecule has 19 heavy (non-hydrogen) atoms. The number of rotatable bonds is 5. The molecule has 0 radical (unpaired) electrons. The van der Waals surface area contributed by atoms with Crippen LogP contribution in [0.25, 0.3) is 0 Å². The molecule has 1 aromatic heterocycles. The van der Waals surface area contributed by atoms with Crippen LogP contribution in [0.15, 0.2) is 47.6 Å². The van der Waals surface area contributed by atoms with Gasteiger partial charge in [-0.05, 0) is 50.7 Å². The van der Waals surface area contributed by atoms with Gasteiger partial charge in [0.2, 0.25) is 0 Å². The molecule has 1 heterocycles. The zero-order chi connectivity index (χ0) is 13.7. The number of pyridine rings is 1. The lowest BCUT2D eigenvalue weighted by Gasteiger charge is -2.14. The molecule has 0 amide bonds. The van der Waals surface area contributed by atoms with E-state index in [1.165, 1.54) is 4.90 Å². The summed E-state index contributed by atoms with van der Waals surface area (Å²) in [6.45, 7) is 0.834. The highest BCUT2D eigenvalue weighted by Crippen LogP contribution is 2.26. The highest BCUT2D eigenvalue weighted by atomic mass is 32.2. The Bertz CT molecular complexity index is 526. The molecule has 0 saturated carbocycles. The molecule has 2 aromatic rings. The highest BCUT2D eigenvalue weighted by molar-refractivity contribution is 7.98. The van der Waals surface area contributed by atoms with Crippen LogP contribution in [-0.2, 0) is 6.54 Å². The normalized spacial score (nSPS) is 10.7. The van der Waals surface area contributed by atoms with Crippen molar-refractivity contribution in [1.29, 1.82) is 0 Å². The maximum atomic E-state index is 5.91. The summed E-state index contributed by atoms with van der Waals surface area (Å²) in [4.78, 5) is 7.47. The van der Waals surface area contributed by atoms with Gasteiger partial charge in [-0.2, -0.15) is 0 Å². The lowest BCUT2D eigenvalue weighted by atomic mass is 10.2. The average Bonchev–Trinajstić information content (AvgIpc) is 2.41. The van der Waals surface area contributed by atoms with Crippen LogP contribution in [0.4, 0.5) is 0 Å². The number of hydrogen-bond acceptors (Lipinski definition) is 4. The first-order chi connectivity index (χ1) is 9.19. The van der Waals surface area contributed by atoms with Crippen LogP contribution >= 0.6 is 11.8 Å². The molecule has 100 valence electrons. The summed E-state index contributed by atoms with van der Waals surface area (Å²) in [5, 5.41) is 0. The molecule has 4 heteroatoms. The summed E-state index contributed by atoms with van der Waals surface area (Å²) in [5.74, 6) is 1.65. The smallest absolute Gasteiger partial charge is 0.150 e. The quantitative estimate of drug-likeness (QED) is 0.777. The molecule has 0 bridgehead atoms. The van der Waals surface area contributed by atoms with Crippen molar-refractivity contribution in [3.8, 4) is 11.5 Å². The van der Waals surface area contributed by atoms with Crippen molar-refractivity contribution < 1.29 is 4.74 Å². The Morgan fingerprint density at radius 3 is 2.53 bits per heavy atom. The highest BCUT2D eigenvalue weighted by Gasteiger charge is 2.06. The number of benzene rings is 1. The number of nitrogens with zero attached hydrogens (tertiary/aromatic N) is 2. The number of thioether (sulfide) groups is 1. The van der Waals surface area contributed by atoms with Crippen molar-refractivity contribution in [3.63, 3.8) is 0 Å². The molecule has 3 nitrogen and oxygen atoms in total. The minimum Gasteiger partial charge on any atom is -0.455 e. The van der Waals surface area contributed by atoms with Gasteiger partial charge in [0.25, 0.3) is 0 Å². The Morgan fingerprint density at radius 1 is 1.16 bits per heavy atom. The van der Waals surface area contributed by atoms with Gasteiger partial charge in [-0.1, -0.05) is 0 Å². The number of aromatic nitrogens is 1. The fraction of sp³-hybridized carbons (Fsp3) is 0.267. The van der Waals surface area contributed by atoms with Crippen molar-refractivity contribution in [2.45, 2.75) is 11.4 Å². The first-order valence-electron chi connectivity index (χ1n) is 6.08. The van der Waals surface area contributed by atoms with Gasteiger partial charge in [0.15, 0.2) is 0 Å². The average molecular weight is 274 g/mol. The zero-order valence-electron chi connectivity index (χ0n) is 11.5. The van der Waals surface area contributed by atoms with Crippen LogP contribution in [0, 0.1) is 0 Å². The van der Waals surface area contributed by atoms with E-state index in [1.54, 1.807) is 24.2 Å². The van der Waals surface area contributed by atoms with Gasteiger partial charge in [-0.3, -0.25) is 4.98 Å². The summed E-state index contributed by atoms with van der Waals surface area (Å²) in [5.41, 5.74) is 1.13. The fourth-order valence-electron chi connectivity index (χ4n) is 1.74. The van der Waals surface area contributed by atoms with Crippen molar-refractivity contribution in [2.24, 2.45) is 0 Å². The van der Waals surface area contributed by atoms with Crippen LogP contribution in [0.1, 0.15) is 5.56 Å². The second-order valence-corrected chi connectivity index (χ2v) is 5.38. The van der Waals surface area contributed by atoms with E-state index >= 15 is 0 Å². The third-order valence-corrected chi connectivity index (χ3v) is 3.39. The summed E-state index contributed by atoms with van der Waals surface area (Å²) in [7, 11) is 4.08. The van der Waals surface area contributed by atoms with Gasteiger partial charge in [-0.15, -0.1) is 11.8 Å². The van der Waals surface area contributed by atoms with Crippen LogP contribution < -0.4 is 4.74 Å².